The summed E-state index contributed by atoms with van der Waals surface area (Å²) in [5.74, 6) is 0.0124. The van der Waals surface area contributed by atoms with Crippen LogP contribution >= 0.6 is 46.4 Å². The number of ketones is 1. The van der Waals surface area contributed by atoms with Crippen molar-refractivity contribution in [2.45, 2.75) is 12.8 Å². The first-order valence-corrected chi connectivity index (χ1v) is 7.36. The van der Waals surface area contributed by atoms with Crippen LogP contribution < -0.4 is 0 Å². The first-order chi connectivity index (χ1) is 9.45. The normalized spacial score (nSPS) is 10.6. The highest BCUT2D eigenvalue weighted by atomic mass is 35.5. The lowest BCUT2D eigenvalue weighted by Crippen LogP contribution is -2.07. The Morgan fingerprint density at radius 2 is 1.35 bits per heavy atom. The number of Topliss-reactive ketones (excluding diaryl/α,β-unsaturated/α-hetero) is 1. The molecule has 5 heteroatoms. The Kier molecular flexibility index (Phi) is 5.34. The van der Waals surface area contributed by atoms with E-state index in [-0.39, 0.29) is 18.6 Å². The summed E-state index contributed by atoms with van der Waals surface area (Å²) in [6.45, 7) is 0. The fourth-order valence-corrected chi connectivity index (χ4v) is 2.69. The Bertz CT molecular complexity index is 652. The van der Waals surface area contributed by atoms with Crippen molar-refractivity contribution in [1.82, 2.24) is 0 Å². The van der Waals surface area contributed by atoms with Crippen LogP contribution in [0.15, 0.2) is 36.4 Å². The van der Waals surface area contributed by atoms with Crippen LogP contribution in [0.3, 0.4) is 0 Å². The number of benzene rings is 2. The van der Waals surface area contributed by atoms with Crippen molar-refractivity contribution >= 4 is 52.2 Å². The maximum Gasteiger partial charge on any atom is 0.141 e. The summed E-state index contributed by atoms with van der Waals surface area (Å²) in [6, 6.07) is 10.2. The van der Waals surface area contributed by atoms with E-state index < -0.39 is 0 Å². The predicted molar refractivity (Wildman–Crippen MR) is 85.3 cm³/mol. The Morgan fingerprint density at radius 3 is 2.05 bits per heavy atom. The minimum absolute atomic E-state index is 0.0124. The van der Waals surface area contributed by atoms with Crippen molar-refractivity contribution in [2.75, 3.05) is 0 Å². The monoisotopic (exact) mass is 346 g/mol. The van der Waals surface area contributed by atoms with E-state index in [1.807, 2.05) is 0 Å². The standard InChI is InChI=1S/C15H10Cl4O/c16-11-3-4-14(18)10(5-11)7-13(20)6-9-1-2-12(17)8-15(9)19/h1-5,8H,6-7H2. The van der Waals surface area contributed by atoms with Crippen LogP contribution in [0.5, 0.6) is 0 Å². The molecule has 20 heavy (non-hydrogen) atoms. The largest absolute Gasteiger partial charge is 0.299 e. The maximum atomic E-state index is 12.1. The molecule has 0 fully saturated rings. The second kappa shape index (κ2) is 6.82. The van der Waals surface area contributed by atoms with Gasteiger partial charge in [0, 0.05) is 32.9 Å². The van der Waals surface area contributed by atoms with E-state index in [4.69, 9.17) is 46.4 Å². The molecule has 0 radical (unpaired) electrons. The molecule has 1 nitrogen and oxygen atoms in total. The molecule has 0 aliphatic carbocycles. The molecule has 0 bridgehead atoms. The molecule has 0 saturated heterocycles. The van der Waals surface area contributed by atoms with Crippen LogP contribution in [0.4, 0.5) is 0 Å². The molecular formula is C15H10Cl4O. The maximum absolute atomic E-state index is 12.1. The smallest absolute Gasteiger partial charge is 0.141 e. The topological polar surface area (TPSA) is 17.1 Å². The summed E-state index contributed by atoms with van der Waals surface area (Å²) in [7, 11) is 0. The molecule has 0 amide bonds. The Morgan fingerprint density at radius 1 is 0.750 bits per heavy atom. The molecule has 0 N–H and O–H groups in total. The molecular weight excluding hydrogens is 338 g/mol. The van der Waals surface area contributed by atoms with E-state index >= 15 is 0 Å². The number of carbonyl (C=O) groups excluding carboxylic acids is 1. The van der Waals surface area contributed by atoms with Crippen LogP contribution in [0.25, 0.3) is 0 Å². The fraction of sp³-hybridized carbons (Fsp3) is 0.133. The molecule has 0 unspecified atom stereocenters. The third-order valence-corrected chi connectivity index (χ3v) is 3.99. The second-order valence-corrected chi connectivity index (χ2v) is 6.05. The number of carbonyl (C=O) groups is 1. The Balaban J connectivity index is 2.11. The van der Waals surface area contributed by atoms with Gasteiger partial charge in [0.1, 0.15) is 5.78 Å². The van der Waals surface area contributed by atoms with E-state index in [0.717, 1.165) is 5.56 Å². The molecule has 0 heterocycles. The van der Waals surface area contributed by atoms with Gasteiger partial charge < -0.3 is 0 Å². The summed E-state index contributed by atoms with van der Waals surface area (Å²) in [5, 5.41) is 2.12. The number of halogens is 4. The lowest BCUT2D eigenvalue weighted by atomic mass is 10.0. The van der Waals surface area contributed by atoms with Crippen LogP contribution in [0.1, 0.15) is 11.1 Å². The second-order valence-electron chi connectivity index (χ2n) is 4.36. The quantitative estimate of drug-likeness (QED) is 0.697. The zero-order chi connectivity index (χ0) is 14.7. The predicted octanol–water partition coefficient (Wildman–Crippen LogP) is 5.65. The zero-order valence-electron chi connectivity index (χ0n) is 10.3. The van der Waals surface area contributed by atoms with Crippen molar-refractivity contribution < 1.29 is 4.79 Å². The minimum atomic E-state index is 0.0124. The van der Waals surface area contributed by atoms with E-state index in [1.54, 1.807) is 36.4 Å². The van der Waals surface area contributed by atoms with Crippen molar-refractivity contribution in [2.24, 2.45) is 0 Å². The van der Waals surface area contributed by atoms with Gasteiger partial charge in [-0.2, -0.15) is 0 Å². The molecule has 2 aromatic rings. The van der Waals surface area contributed by atoms with E-state index in [9.17, 15) is 4.79 Å². The number of hydrogen-bond donors (Lipinski definition) is 0. The highest BCUT2D eigenvalue weighted by Gasteiger charge is 2.11. The average molecular weight is 348 g/mol. The van der Waals surface area contributed by atoms with E-state index in [2.05, 4.69) is 0 Å². The number of hydrogen-bond acceptors (Lipinski definition) is 1. The van der Waals surface area contributed by atoms with Gasteiger partial charge in [0.25, 0.3) is 0 Å². The summed E-state index contributed by atoms with van der Waals surface area (Å²) in [6.07, 6.45) is 0.456. The first-order valence-electron chi connectivity index (χ1n) is 5.85. The van der Waals surface area contributed by atoms with E-state index in [0.29, 0.717) is 25.7 Å². The van der Waals surface area contributed by atoms with Gasteiger partial charge in [0.05, 0.1) is 0 Å². The fourth-order valence-electron chi connectivity index (χ4n) is 1.83. The van der Waals surface area contributed by atoms with Gasteiger partial charge in [-0.15, -0.1) is 0 Å². The molecule has 2 aromatic carbocycles. The van der Waals surface area contributed by atoms with Gasteiger partial charge >= 0.3 is 0 Å². The SMILES string of the molecule is O=C(Cc1ccc(Cl)cc1Cl)Cc1cc(Cl)ccc1Cl. The number of rotatable bonds is 4. The third-order valence-electron chi connectivity index (χ3n) is 2.80. The van der Waals surface area contributed by atoms with Crippen LogP contribution in [0, 0.1) is 0 Å². The van der Waals surface area contributed by atoms with Crippen molar-refractivity contribution in [3.8, 4) is 0 Å². The molecule has 0 aliphatic rings. The zero-order valence-corrected chi connectivity index (χ0v) is 13.3. The Hall–Kier alpha value is -0.730. The highest BCUT2D eigenvalue weighted by molar-refractivity contribution is 6.35. The summed E-state index contributed by atoms with van der Waals surface area (Å²) < 4.78 is 0. The van der Waals surface area contributed by atoms with Crippen molar-refractivity contribution in [1.29, 1.82) is 0 Å². The third kappa shape index (κ3) is 4.13. The average Bonchev–Trinajstić information content (AvgIpc) is 2.37. The van der Waals surface area contributed by atoms with Gasteiger partial charge in [-0.3, -0.25) is 4.79 Å². The van der Waals surface area contributed by atoms with Gasteiger partial charge in [-0.1, -0.05) is 52.5 Å². The molecule has 2 rings (SSSR count). The summed E-state index contributed by atoms with van der Waals surface area (Å²) in [5.41, 5.74) is 1.47. The van der Waals surface area contributed by atoms with Crippen LogP contribution in [0.2, 0.25) is 20.1 Å². The summed E-state index contributed by atoms with van der Waals surface area (Å²) in [4.78, 5) is 12.1. The minimum Gasteiger partial charge on any atom is -0.299 e. The lowest BCUT2D eigenvalue weighted by Gasteiger charge is -2.06. The van der Waals surface area contributed by atoms with Crippen molar-refractivity contribution in [3.05, 3.63) is 67.6 Å². The molecule has 0 saturated carbocycles. The van der Waals surface area contributed by atoms with Crippen LogP contribution in [-0.4, -0.2) is 5.78 Å². The molecule has 0 aromatic heterocycles. The van der Waals surface area contributed by atoms with Gasteiger partial charge in [0.15, 0.2) is 0 Å². The molecule has 0 aliphatic heterocycles. The van der Waals surface area contributed by atoms with Gasteiger partial charge in [0.2, 0.25) is 0 Å². The van der Waals surface area contributed by atoms with Gasteiger partial charge in [-0.05, 0) is 41.5 Å². The molecule has 104 valence electrons. The lowest BCUT2D eigenvalue weighted by molar-refractivity contribution is -0.117. The summed E-state index contributed by atoms with van der Waals surface area (Å²) >= 11 is 23.8. The first kappa shape index (κ1) is 15.7. The van der Waals surface area contributed by atoms with Crippen molar-refractivity contribution in [3.63, 3.8) is 0 Å². The van der Waals surface area contributed by atoms with Gasteiger partial charge in [-0.25, -0.2) is 0 Å². The Labute approximate surface area is 137 Å². The van der Waals surface area contributed by atoms with Crippen LogP contribution in [-0.2, 0) is 17.6 Å². The molecule has 0 atom stereocenters. The highest BCUT2D eigenvalue weighted by Crippen LogP contribution is 2.24. The van der Waals surface area contributed by atoms with E-state index in [1.165, 1.54) is 0 Å². The molecule has 0 spiro atoms.